The average molecular weight is 436 g/mol. The molecular formula is C23H29N7O2. The zero-order valence-electron chi connectivity index (χ0n) is 18.8. The van der Waals surface area contributed by atoms with Crippen molar-refractivity contribution in [3.05, 3.63) is 59.4 Å². The Bertz CT molecular complexity index is 1060. The molecule has 9 nitrogen and oxygen atoms in total. The van der Waals surface area contributed by atoms with Gasteiger partial charge in [-0.2, -0.15) is 0 Å². The minimum Gasteiger partial charge on any atom is -0.454 e. The smallest absolute Gasteiger partial charge is 0.231 e. The van der Waals surface area contributed by atoms with E-state index in [9.17, 15) is 0 Å². The molecule has 2 aliphatic heterocycles. The van der Waals surface area contributed by atoms with Gasteiger partial charge in [-0.1, -0.05) is 18.2 Å². The highest BCUT2D eigenvalue weighted by atomic mass is 16.7. The highest BCUT2D eigenvalue weighted by Gasteiger charge is 2.30. The van der Waals surface area contributed by atoms with Gasteiger partial charge >= 0.3 is 0 Å². The molecular weight excluding hydrogens is 406 g/mol. The van der Waals surface area contributed by atoms with Crippen molar-refractivity contribution in [2.45, 2.75) is 12.6 Å². The molecule has 5 rings (SSSR count). The molecule has 3 aromatic rings. The van der Waals surface area contributed by atoms with Crippen LogP contribution in [0.1, 0.15) is 23.0 Å². The van der Waals surface area contributed by atoms with Crippen LogP contribution in [0.4, 0.5) is 5.69 Å². The van der Waals surface area contributed by atoms with Crippen LogP contribution in [0.25, 0.3) is 0 Å². The number of benzene rings is 2. The largest absolute Gasteiger partial charge is 0.454 e. The summed E-state index contributed by atoms with van der Waals surface area (Å²) in [5.41, 5.74) is 3.44. The first-order chi connectivity index (χ1) is 15.6. The Morgan fingerprint density at radius 2 is 1.72 bits per heavy atom. The van der Waals surface area contributed by atoms with E-state index in [1.54, 1.807) is 0 Å². The van der Waals surface area contributed by atoms with E-state index < -0.39 is 0 Å². The lowest BCUT2D eigenvalue weighted by Crippen LogP contribution is -2.46. The molecule has 1 saturated heterocycles. The second-order valence-electron chi connectivity index (χ2n) is 8.61. The van der Waals surface area contributed by atoms with Crippen LogP contribution >= 0.6 is 0 Å². The minimum atomic E-state index is -0.0103. The van der Waals surface area contributed by atoms with Crippen LogP contribution in [0.5, 0.6) is 11.5 Å². The third-order valence-electron chi connectivity index (χ3n) is 6.20. The number of tetrazole rings is 1. The number of nitrogens with zero attached hydrogens (tertiary/aromatic N) is 7. The molecule has 0 bridgehead atoms. The van der Waals surface area contributed by atoms with Gasteiger partial charge < -0.3 is 19.3 Å². The summed E-state index contributed by atoms with van der Waals surface area (Å²) < 4.78 is 12.9. The zero-order chi connectivity index (χ0) is 22.1. The maximum Gasteiger partial charge on any atom is 0.231 e. The summed E-state index contributed by atoms with van der Waals surface area (Å²) in [6, 6.07) is 14.7. The Morgan fingerprint density at radius 1 is 0.969 bits per heavy atom. The summed E-state index contributed by atoms with van der Waals surface area (Å²) in [6.45, 7) is 4.81. The highest BCUT2D eigenvalue weighted by Crippen LogP contribution is 2.33. The molecule has 1 fully saturated rings. The molecule has 168 valence electrons. The van der Waals surface area contributed by atoms with Gasteiger partial charge in [0.1, 0.15) is 0 Å². The van der Waals surface area contributed by atoms with Crippen molar-refractivity contribution in [1.82, 2.24) is 30.0 Å². The van der Waals surface area contributed by atoms with Gasteiger partial charge in [-0.25, -0.2) is 4.68 Å². The number of rotatable bonds is 6. The molecule has 0 saturated carbocycles. The maximum absolute atomic E-state index is 5.54. The average Bonchev–Trinajstić information content (AvgIpc) is 3.45. The van der Waals surface area contributed by atoms with Crippen molar-refractivity contribution in [2.75, 3.05) is 59.0 Å². The van der Waals surface area contributed by atoms with Gasteiger partial charge in [-0.3, -0.25) is 4.90 Å². The summed E-state index contributed by atoms with van der Waals surface area (Å²) in [5.74, 6) is 2.40. The van der Waals surface area contributed by atoms with Gasteiger partial charge in [-0.05, 0) is 52.9 Å². The van der Waals surface area contributed by atoms with Crippen LogP contribution in [0.3, 0.4) is 0 Å². The summed E-state index contributed by atoms with van der Waals surface area (Å²) >= 11 is 0. The quantitative estimate of drug-likeness (QED) is 0.581. The molecule has 32 heavy (non-hydrogen) atoms. The second-order valence-corrected chi connectivity index (χ2v) is 8.61. The SMILES string of the molecule is CN1CCN(C(c2ccc(N(C)C)cc2)c2nnnn2Cc2ccc3c(c2)OCO3)CC1. The number of anilines is 1. The number of hydrogen-bond donors (Lipinski definition) is 0. The van der Waals surface area contributed by atoms with Gasteiger partial charge in [0.15, 0.2) is 17.3 Å². The molecule has 2 aliphatic rings. The fraction of sp³-hybridized carbons (Fsp3) is 0.435. The number of hydrogen-bond acceptors (Lipinski definition) is 8. The monoisotopic (exact) mass is 435 g/mol. The van der Waals surface area contributed by atoms with Crippen LogP contribution in [-0.2, 0) is 6.54 Å². The molecule has 0 aliphatic carbocycles. The third kappa shape index (κ3) is 4.13. The van der Waals surface area contributed by atoms with Gasteiger partial charge in [0, 0.05) is 46.0 Å². The van der Waals surface area contributed by atoms with E-state index >= 15 is 0 Å². The number of ether oxygens (including phenoxy) is 2. The highest BCUT2D eigenvalue weighted by molar-refractivity contribution is 5.47. The van der Waals surface area contributed by atoms with Crippen molar-refractivity contribution in [2.24, 2.45) is 0 Å². The molecule has 1 unspecified atom stereocenters. The van der Waals surface area contributed by atoms with Crippen LogP contribution < -0.4 is 14.4 Å². The molecule has 2 aromatic carbocycles. The summed E-state index contributed by atoms with van der Waals surface area (Å²) in [6.07, 6.45) is 0. The minimum absolute atomic E-state index is 0.0103. The normalized spacial score (nSPS) is 17.5. The number of piperazine rings is 1. The van der Waals surface area contributed by atoms with Crippen LogP contribution in [0, 0.1) is 0 Å². The Kier molecular flexibility index (Phi) is 5.67. The topological polar surface area (TPSA) is 71.8 Å². The predicted molar refractivity (Wildman–Crippen MR) is 121 cm³/mol. The van der Waals surface area contributed by atoms with Gasteiger partial charge in [0.05, 0.1) is 12.6 Å². The predicted octanol–water partition coefficient (Wildman–Crippen LogP) is 1.85. The van der Waals surface area contributed by atoms with Crippen molar-refractivity contribution in [1.29, 1.82) is 0 Å². The zero-order valence-corrected chi connectivity index (χ0v) is 18.8. The molecule has 1 atom stereocenters. The van der Waals surface area contributed by atoms with Crippen molar-refractivity contribution in [3.8, 4) is 11.5 Å². The fourth-order valence-electron chi connectivity index (χ4n) is 4.29. The molecule has 0 N–H and O–H groups in total. The van der Waals surface area contributed by atoms with Crippen LogP contribution in [0.15, 0.2) is 42.5 Å². The number of fused-ring (bicyclic) bond motifs is 1. The number of likely N-dealkylation sites (N-methyl/N-ethyl adjacent to an activating group) is 1. The summed E-state index contributed by atoms with van der Waals surface area (Å²) in [4.78, 5) is 6.95. The lowest BCUT2D eigenvalue weighted by molar-refractivity contribution is 0.121. The lowest BCUT2D eigenvalue weighted by Gasteiger charge is -2.37. The Labute approximate surface area is 188 Å². The first-order valence-corrected chi connectivity index (χ1v) is 10.9. The Hall–Kier alpha value is -3.17. The van der Waals surface area contributed by atoms with Gasteiger partial charge in [-0.15, -0.1) is 5.10 Å². The number of aromatic nitrogens is 4. The van der Waals surface area contributed by atoms with E-state index in [1.807, 2.05) is 22.9 Å². The van der Waals surface area contributed by atoms with Gasteiger partial charge in [0.25, 0.3) is 0 Å². The van der Waals surface area contributed by atoms with Crippen molar-refractivity contribution < 1.29 is 9.47 Å². The summed E-state index contributed by atoms with van der Waals surface area (Å²) in [5, 5.41) is 12.9. The fourth-order valence-corrected chi connectivity index (χ4v) is 4.29. The van der Waals surface area contributed by atoms with E-state index in [0.29, 0.717) is 6.54 Å². The van der Waals surface area contributed by atoms with E-state index in [4.69, 9.17) is 9.47 Å². The first kappa shape index (κ1) is 20.7. The van der Waals surface area contributed by atoms with E-state index in [2.05, 4.69) is 75.6 Å². The van der Waals surface area contributed by atoms with E-state index in [1.165, 1.54) is 11.3 Å². The van der Waals surface area contributed by atoms with Crippen LogP contribution in [-0.4, -0.2) is 84.1 Å². The molecule has 0 radical (unpaired) electrons. The van der Waals surface area contributed by atoms with E-state index in [0.717, 1.165) is 49.1 Å². The Balaban J connectivity index is 1.47. The maximum atomic E-state index is 5.54. The second kappa shape index (κ2) is 8.76. The van der Waals surface area contributed by atoms with Crippen molar-refractivity contribution in [3.63, 3.8) is 0 Å². The third-order valence-corrected chi connectivity index (χ3v) is 6.20. The summed E-state index contributed by atoms with van der Waals surface area (Å²) in [7, 11) is 6.28. The first-order valence-electron chi connectivity index (χ1n) is 10.9. The lowest BCUT2D eigenvalue weighted by atomic mass is 10.0. The van der Waals surface area contributed by atoms with Crippen molar-refractivity contribution >= 4 is 5.69 Å². The van der Waals surface area contributed by atoms with Gasteiger partial charge in [0.2, 0.25) is 6.79 Å². The van der Waals surface area contributed by atoms with E-state index in [-0.39, 0.29) is 12.8 Å². The standard InChI is InChI=1S/C23H29N7O2/c1-27(2)19-7-5-18(6-8-19)22(29-12-10-28(3)11-13-29)23-24-25-26-30(23)15-17-4-9-20-21(14-17)32-16-31-20/h4-9,14,22H,10-13,15-16H2,1-3H3. The Morgan fingerprint density at radius 3 is 2.47 bits per heavy atom. The van der Waals surface area contributed by atoms with Crippen LogP contribution in [0.2, 0.25) is 0 Å². The molecule has 9 heteroatoms. The molecule has 0 amide bonds. The molecule has 0 spiro atoms. The molecule has 1 aromatic heterocycles. The molecule has 3 heterocycles.